The van der Waals surface area contributed by atoms with Crippen LogP contribution >= 0.6 is 0 Å². The molecule has 5 nitrogen and oxygen atoms in total. The highest BCUT2D eigenvalue weighted by Crippen LogP contribution is 2.26. The molecule has 3 aromatic carbocycles. The highest BCUT2D eigenvalue weighted by Gasteiger charge is 2.17. The summed E-state index contributed by atoms with van der Waals surface area (Å²) in [5.74, 6) is -1.71. The van der Waals surface area contributed by atoms with Crippen molar-refractivity contribution >= 4 is 21.6 Å². The maximum atomic E-state index is 14.3. The Balaban J connectivity index is 1.72. The minimum Gasteiger partial charge on any atom is -0.332 e. The number of anilines is 1. The van der Waals surface area contributed by atoms with Crippen molar-refractivity contribution in [3.8, 4) is 0 Å². The summed E-state index contributed by atoms with van der Waals surface area (Å²) in [5, 5.41) is 2.77. The van der Waals surface area contributed by atoms with E-state index in [1.165, 1.54) is 12.1 Å². The van der Waals surface area contributed by atoms with Gasteiger partial charge in [0.1, 0.15) is 5.82 Å². The van der Waals surface area contributed by atoms with Crippen molar-refractivity contribution in [3.63, 3.8) is 0 Å². The average molecular weight is 453 g/mol. The molecule has 1 amide bonds. The number of sulfonamides is 1. The van der Waals surface area contributed by atoms with Crippen molar-refractivity contribution in [1.29, 1.82) is 0 Å². The Labute approximate surface area is 188 Å². The molecule has 3 aromatic rings. The third-order valence-electron chi connectivity index (χ3n) is 5.01. The summed E-state index contributed by atoms with van der Waals surface area (Å²) >= 11 is 0. The molecule has 1 atom stereocenters. The monoisotopic (exact) mass is 452 g/mol. The van der Waals surface area contributed by atoms with E-state index in [1.807, 2.05) is 66.7 Å². The van der Waals surface area contributed by atoms with E-state index in [0.717, 1.165) is 23.4 Å². The first-order chi connectivity index (χ1) is 15.2. The molecule has 0 heterocycles. The molecule has 1 unspecified atom stereocenters. The van der Waals surface area contributed by atoms with Crippen molar-refractivity contribution in [1.82, 2.24) is 5.32 Å². The van der Waals surface area contributed by atoms with Crippen LogP contribution in [-0.2, 0) is 14.8 Å². The lowest BCUT2D eigenvalue weighted by molar-refractivity contribution is -0.121. The maximum Gasteiger partial charge on any atom is 0.231 e. The fourth-order valence-electron chi connectivity index (χ4n) is 3.32. The van der Waals surface area contributed by atoms with E-state index in [9.17, 15) is 17.6 Å². The SMILES string of the molecule is CC(C(=O)NC=CC(c1ccccc1)c1ccccc1)c1ccc(NS(C)(=O)=O)c(F)c1. The second-order valence-corrected chi connectivity index (χ2v) is 9.25. The van der Waals surface area contributed by atoms with Crippen LogP contribution in [0.4, 0.5) is 10.1 Å². The zero-order valence-corrected chi connectivity index (χ0v) is 18.6. The molecular formula is C25H25FN2O3S. The first-order valence-electron chi connectivity index (χ1n) is 10.1. The van der Waals surface area contributed by atoms with Crippen LogP contribution in [0, 0.1) is 5.82 Å². The summed E-state index contributed by atoms with van der Waals surface area (Å²) < 4.78 is 39.0. The molecule has 0 aromatic heterocycles. The van der Waals surface area contributed by atoms with Gasteiger partial charge in [0, 0.05) is 12.1 Å². The van der Waals surface area contributed by atoms with Gasteiger partial charge in [0.05, 0.1) is 17.9 Å². The summed E-state index contributed by atoms with van der Waals surface area (Å²) in [7, 11) is -3.59. The largest absolute Gasteiger partial charge is 0.332 e. The highest BCUT2D eigenvalue weighted by molar-refractivity contribution is 7.92. The van der Waals surface area contributed by atoms with E-state index in [2.05, 4.69) is 10.0 Å². The molecule has 0 radical (unpaired) electrons. The molecule has 0 bridgehead atoms. The average Bonchev–Trinajstić information content (AvgIpc) is 2.78. The minimum absolute atomic E-state index is 0.0354. The predicted molar refractivity (Wildman–Crippen MR) is 125 cm³/mol. The number of nitrogens with one attached hydrogen (secondary N) is 2. The minimum atomic E-state index is -3.59. The van der Waals surface area contributed by atoms with Crippen LogP contribution < -0.4 is 10.0 Å². The van der Waals surface area contributed by atoms with E-state index in [0.29, 0.717) is 5.56 Å². The number of amides is 1. The number of benzene rings is 3. The van der Waals surface area contributed by atoms with Gasteiger partial charge in [-0.15, -0.1) is 0 Å². The van der Waals surface area contributed by atoms with Crippen molar-refractivity contribution in [2.45, 2.75) is 18.8 Å². The third-order valence-corrected chi connectivity index (χ3v) is 5.60. The Bertz CT molecular complexity index is 1160. The van der Waals surface area contributed by atoms with Crippen LogP contribution in [0.25, 0.3) is 0 Å². The van der Waals surface area contributed by atoms with Gasteiger partial charge in [0.2, 0.25) is 15.9 Å². The van der Waals surface area contributed by atoms with Gasteiger partial charge in [-0.2, -0.15) is 0 Å². The first kappa shape index (κ1) is 23.2. The Kier molecular flexibility index (Phi) is 7.43. The van der Waals surface area contributed by atoms with Crippen LogP contribution in [0.1, 0.15) is 35.4 Å². The van der Waals surface area contributed by atoms with Gasteiger partial charge in [0.15, 0.2) is 0 Å². The third kappa shape index (κ3) is 6.28. The fraction of sp³-hybridized carbons (Fsp3) is 0.160. The van der Waals surface area contributed by atoms with Gasteiger partial charge in [-0.05, 0) is 35.7 Å². The molecule has 0 spiro atoms. The van der Waals surface area contributed by atoms with Crippen molar-refractivity contribution < 1.29 is 17.6 Å². The number of carbonyl (C=O) groups is 1. The molecule has 0 aliphatic rings. The lowest BCUT2D eigenvalue weighted by atomic mass is 9.91. The summed E-state index contributed by atoms with van der Waals surface area (Å²) in [6.45, 7) is 1.66. The molecule has 3 rings (SSSR count). The van der Waals surface area contributed by atoms with Crippen molar-refractivity contribution in [3.05, 3.63) is 114 Å². The van der Waals surface area contributed by atoms with E-state index >= 15 is 0 Å². The summed E-state index contributed by atoms with van der Waals surface area (Å²) in [6.07, 6.45) is 4.47. The second kappa shape index (κ2) is 10.2. The van der Waals surface area contributed by atoms with Gasteiger partial charge in [-0.1, -0.05) is 72.8 Å². The molecule has 0 aliphatic heterocycles. The molecule has 0 saturated carbocycles. The van der Waals surface area contributed by atoms with E-state index in [4.69, 9.17) is 0 Å². The second-order valence-electron chi connectivity index (χ2n) is 7.50. The summed E-state index contributed by atoms with van der Waals surface area (Å²) in [4.78, 5) is 12.6. The van der Waals surface area contributed by atoms with Crippen LogP contribution in [0.3, 0.4) is 0 Å². The van der Waals surface area contributed by atoms with Crippen molar-refractivity contribution in [2.24, 2.45) is 0 Å². The molecule has 0 aliphatic carbocycles. The van der Waals surface area contributed by atoms with Gasteiger partial charge in [0.25, 0.3) is 0 Å². The van der Waals surface area contributed by atoms with Gasteiger partial charge < -0.3 is 5.32 Å². The Morgan fingerprint density at radius 3 is 1.97 bits per heavy atom. The number of halogens is 1. The molecule has 32 heavy (non-hydrogen) atoms. The van der Waals surface area contributed by atoms with Crippen LogP contribution in [0.2, 0.25) is 0 Å². The zero-order chi connectivity index (χ0) is 23.1. The topological polar surface area (TPSA) is 75.3 Å². The van der Waals surface area contributed by atoms with Crippen LogP contribution in [0.5, 0.6) is 0 Å². The van der Waals surface area contributed by atoms with Gasteiger partial charge in [-0.3, -0.25) is 9.52 Å². The number of hydrogen-bond acceptors (Lipinski definition) is 3. The van der Waals surface area contributed by atoms with E-state index < -0.39 is 21.8 Å². The van der Waals surface area contributed by atoms with Gasteiger partial charge >= 0.3 is 0 Å². The molecule has 7 heteroatoms. The van der Waals surface area contributed by atoms with E-state index in [-0.39, 0.29) is 17.5 Å². The zero-order valence-electron chi connectivity index (χ0n) is 17.8. The maximum absolute atomic E-state index is 14.3. The molecule has 2 N–H and O–H groups in total. The lowest BCUT2D eigenvalue weighted by Gasteiger charge is -2.15. The van der Waals surface area contributed by atoms with Crippen LogP contribution in [0.15, 0.2) is 91.1 Å². The Morgan fingerprint density at radius 1 is 0.906 bits per heavy atom. The Hall–Kier alpha value is -3.45. The summed E-state index contributed by atoms with van der Waals surface area (Å²) in [6, 6.07) is 23.9. The van der Waals surface area contributed by atoms with E-state index in [1.54, 1.807) is 13.1 Å². The number of rotatable bonds is 8. The lowest BCUT2D eigenvalue weighted by Crippen LogP contribution is -2.23. The Morgan fingerprint density at radius 2 is 1.47 bits per heavy atom. The molecular weight excluding hydrogens is 427 g/mol. The van der Waals surface area contributed by atoms with Gasteiger partial charge in [-0.25, -0.2) is 12.8 Å². The molecule has 0 saturated heterocycles. The van der Waals surface area contributed by atoms with Crippen molar-refractivity contribution in [2.75, 3.05) is 11.0 Å². The summed E-state index contributed by atoms with van der Waals surface area (Å²) in [5.41, 5.74) is 2.47. The highest BCUT2D eigenvalue weighted by atomic mass is 32.2. The number of carbonyl (C=O) groups excluding carboxylic acids is 1. The number of hydrogen-bond donors (Lipinski definition) is 2. The number of allylic oxidation sites excluding steroid dienone is 1. The quantitative estimate of drug-likeness (QED) is 0.517. The predicted octanol–water partition coefficient (Wildman–Crippen LogP) is 4.76. The fourth-order valence-corrected chi connectivity index (χ4v) is 3.89. The normalized spacial score (nSPS) is 12.6. The smallest absolute Gasteiger partial charge is 0.231 e. The molecule has 0 fully saturated rings. The van der Waals surface area contributed by atoms with Crippen LogP contribution in [-0.4, -0.2) is 20.6 Å². The molecule has 166 valence electrons. The first-order valence-corrected chi connectivity index (χ1v) is 12.0. The standard InChI is InChI=1S/C25H25FN2O3S/c1-18(21-13-14-24(23(26)17-21)28-32(2,30)31)25(29)27-16-15-22(19-9-5-3-6-10-19)20-11-7-4-8-12-20/h3-18,22,28H,1-2H3,(H,27,29).